The molecule has 1 aliphatic carbocycles. The molecule has 1 aromatic carbocycles. The van der Waals surface area contributed by atoms with Gasteiger partial charge in [0.2, 0.25) is 0 Å². The maximum absolute atomic E-state index is 12.6. The van der Waals surface area contributed by atoms with Crippen molar-refractivity contribution in [3.05, 3.63) is 59.4 Å². The number of piperidine rings is 1. The number of amides is 2. The summed E-state index contributed by atoms with van der Waals surface area (Å²) < 4.78 is 1.88. The van der Waals surface area contributed by atoms with Crippen LogP contribution in [0.25, 0.3) is 0 Å². The number of aryl methyl sites for hydroxylation is 1. The summed E-state index contributed by atoms with van der Waals surface area (Å²) in [7, 11) is 1.91. The Hall–Kier alpha value is -2.56. The summed E-state index contributed by atoms with van der Waals surface area (Å²) in [6.45, 7) is 1.63. The van der Waals surface area contributed by atoms with Gasteiger partial charge in [-0.2, -0.15) is 0 Å². The summed E-state index contributed by atoms with van der Waals surface area (Å²) in [5.74, 6) is 0.761. The Balaban J connectivity index is 1.28. The molecular formula is C22H27N3O2. The first-order chi connectivity index (χ1) is 13.1. The second-order valence-electron chi connectivity index (χ2n) is 7.89. The fourth-order valence-electron chi connectivity index (χ4n) is 3.81. The minimum atomic E-state index is 0.0385. The van der Waals surface area contributed by atoms with Crippen molar-refractivity contribution in [2.75, 3.05) is 13.1 Å². The van der Waals surface area contributed by atoms with Crippen molar-refractivity contribution in [2.45, 2.75) is 38.1 Å². The molecule has 2 fully saturated rings. The van der Waals surface area contributed by atoms with Crippen LogP contribution in [0.15, 0.2) is 42.6 Å². The lowest BCUT2D eigenvalue weighted by molar-refractivity contribution is 0.0681. The summed E-state index contributed by atoms with van der Waals surface area (Å²) in [6.07, 6.45) is 7.19. The van der Waals surface area contributed by atoms with Crippen molar-refractivity contribution in [3.63, 3.8) is 0 Å². The number of benzene rings is 1. The van der Waals surface area contributed by atoms with E-state index in [1.54, 1.807) is 0 Å². The lowest BCUT2D eigenvalue weighted by Gasteiger charge is -2.32. The van der Waals surface area contributed by atoms with E-state index in [0.29, 0.717) is 12.0 Å². The number of aromatic nitrogens is 1. The largest absolute Gasteiger partial charge is 0.349 e. The molecule has 0 atom stereocenters. The van der Waals surface area contributed by atoms with E-state index in [-0.39, 0.29) is 11.8 Å². The van der Waals surface area contributed by atoms with Crippen LogP contribution in [0, 0.1) is 5.92 Å². The Morgan fingerprint density at radius 3 is 2.33 bits per heavy atom. The van der Waals surface area contributed by atoms with E-state index < -0.39 is 0 Å². The Morgan fingerprint density at radius 2 is 1.74 bits per heavy atom. The third kappa shape index (κ3) is 4.24. The Bertz CT molecular complexity index is 812. The lowest BCUT2D eigenvalue weighted by Crippen LogP contribution is -2.39. The molecule has 2 amide bonds. The fraction of sp³-hybridized carbons (Fsp3) is 0.455. The zero-order chi connectivity index (χ0) is 18.8. The highest BCUT2D eigenvalue weighted by atomic mass is 16.2. The van der Waals surface area contributed by atoms with Crippen LogP contribution in [0.2, 0.25) is 0 Å². The topological polar surface area (TPSA) is 54.3 Å². The van der Waals surface area contributed by atoms with E-state index in [2.05, 4.69) is 17.4 Å². The molecule has 1 N–H and O–H groups in total. The maximum atomic E-state index is 12.6. The van der Waals surface area contributed by atoms with Crippen LogP contribution in [0.1, 0.15) is 52.1 Å². The molecule has 0 radical (unpaired) electrons. The van der Waals surface area contributed by atoms with Gasteiger partial charge in [0.15, 0.2) is 0 Å². The minimum Gasteiger partial charge on any atom is -0.349 e. The molecule has 27 heavy (non-hydrogen) atoms. The van der Waals surface area contributed by atoms with Crippen LogP contribution in [-0.2, 0) is 13.5 Å². The van der Waals surface area contributed by atoms with Crippen molar-refractivity contribution >= 4 is 11.8 Å². The Labute approximate surface area is 160 Å². The van der Waals surface area contributed by atoms with Crippen molar-refractivity contribution in [2.24, 2.45) is 13.0 Å². The van der Waals surface area contributed by atoms with Crippen LogP contribution < -0.4 is 5.32 Å². The van der Waals surface area contributed by atoms with Gasteiger partial charge in [0.05, 0.1) is 0 Å². The van der Waals surface area contributed by atoms with Gasteiger partial charge in [-0.3, -0.25) is 9.59 Å². The molecule has 1 saturated heterocycles. The molecule has 5 heteroatoms. The molecule has 0 unspecified atom stereocenters. The van der Waals surface area contributed by atoms with E-state index >= 15 is 0 Å². The first-order valence-corrected chi connectivity index (χ1v) is 9.90. The summed E-state index contributed by atoms with van der Waals surface area (Å²) in [6, 6.07) is 12.2. The van der Waals surface area contributed by atoms with Gasteiger partial charge in [0, 0.05) is 37.9 Å². The highest BCUT2D eigenvalue weighted by Crippen LogP contribution is 2.24. The summed E-state index contributed by atoms with van der Waals surface area (Å²) in [5, 5.41) is 3.02. The van der Waals surface area contributed by atoms with E-state index in [9.17, 15) is 9.59 Å². The average Bonchev–Trinajstić information content (AvgIpc) is 3.40. The number of hydrogen-bond donors (Lipinski definition) is 1. The Kier molecular flexibility index (Phi) is 5.01. The molecule has 0 spiro atoms. The van der Waals surface area contributed by atoms with Crippen molar-refractivity contribution in [1.82, 2.24) is 14.8 Å². The zero-order valence-corrected chi connectivity index (χ0v) is 15.9. The zero-order valence-electron chi connectivity index (χ0n) is 15.9. The van der Waals surface area contributed by atoms with Crippen LogP contribution >= 0.6 is 0 Å². The molecule has 1 aromatic heterocycles. The predicted octanol–water partition coefficient (Wildman–Crippen LogP) is 3.01. The third-order valence-electron chi connectivity index (χ3n) is 5.72. The average molecular weight is 365 g/mol. The molecule has 2 aliphatic rings. The summed E-state index contributed by atoms with van der Waals surface area (Å²) in [5.41, 5.74) is 2.77. The van der Waals surface area contributed by atoms with Crippen molar-refractivity contribution < 1.29 is 9.59 Å². The quantitative estimate of drug-likeness (QED) is 0.886. The third-order valence-corrected chi connectivity index (χ3v) is 5.72. The molecule has 1 aliphatic heterocycles. The molecule has 142 valence electrons. The lowest BCUT2D eigenvalue weighted by atomic mass is 9.90. The van der Waals surface area contributed by atoms with E-state index in [4.69, 9.17) is 0 Å². The summed E-state index contributed by atoms with van der Waals surface area (Å²) in [4.78, 5) is 26.6. The highest BCUT2D eigenvalue weighted by molar-refractivity contribution is 5.94. The molecule has 5 nitrogen and oxygen atoms in total. The van der Waals surface area contributed by atoms with E-state index in [0.717, 1.165) is 56.5 Å². The van der Waals surface area contributed by atoms with Gasteiger partial charge in [-0.05, 0) is 67.9 Å². The first-order valence-electron chi connectivity index (χ1n) is 9.90. The molecule has 4 rings (SSSR count). The first kappa shape index (κ1) is 17.8. The van der Waals surface area contributed by atoms with Gasteiger partial charge in [-0.1, -0.05) is 12.1 Å². The highest BCUT2D eigenvalue weighted by Gasteiger charge is 2.25. The number of likely N-dealkylation sites (tertiary alicyclic amines) is 1. The SMILES string of the molecule is Cn1cccc1C(=O)N1CCC(Cc2ccc(C(=O)NC3CC3)cc2)CC1. The smallest absolute Gasteiger partial charge is 0.270 e. The number of hydrogen-bond acceptors (Lipinski definition) is 2. The van der Waals surface area contributed by atoms with Gasteiger partial charge >= 0.3 is 0 Å². The van der Waals surface area contributed by atoms with Crippen molar-refractivity contribution in [1.29, 1.82) is 0 Å². The van der Waals surface area contributed by atoms with E-state index in [1.165, 1.54) is 5.56 Å². The minimum absolute atomic E-state index is 0.0385. The molecule has 2 heterocycles. The van der Waals surface area contributed by atoms with Crippen molar-refractivity contribution in [3.8, 4) is 0 Å². The molecular weight excluding hydrogens is 338 g/mol. The van der Waals surface area contributed by atoms with Crippen LogP contribution in [-0.4, -0.2) is 40.4 Å². The Morgan fingerprint density at radius 1 is 1.04 bits per heavy atom. The fourth-order valence-corrected chi connectivity index (χ4v) is 3.81. The molecule has 0 bridgehead atoms. The molecule has 2 aromatic rings. The van der Waals surface area contributed by atoms with Crippen LogP contribution in [0.4, 0.5) is 0 Å². The van der Waals surface area contributed by atoms with Crippen LogP contribution in [0.5, 0.6) is 0 Å². The second-order valence-corrected chi connectivity index (χ2v) is 7.89. The normalized spacial score (nSPS) is 17.7. The van der Waals surface area contributed by atoms with Gasteiger partial charge < -0.3 is 14.8 Å². The number of carbonyl (C=O) groups excluding carboxylic acids is 2. The van der Waals surface area contributed by atoms with E-state index in [1.807, 2.05) is 47.0 Å². The summed E-state index contributed by atoms with van der Waals surface area (Å²) >= 11 is 0. The van der Waals surface area contributed by atoms with Crippen LogP contribution in [0.3, 0.4) is 0 Å². The molecule has 1 saturated carbocycles. The second kappa shape index (κ2) is 7.59. The standard InChI is InChI=1S/C22H27N3O2/c1-24-12-2-3-20(24)22(27)25-13-10-17(11-14-25)15-16-4-6-18(7-5-16)21(26)23-19-8-9-19/h2-7,12,17,19H,8-11,13-15H2,1H3,(H,23,26). The van der Waals surface area contributed by atoms with Gasteiger partial charge in [0.1, 0.15) is 5.69 Å². The van der Waals surface area contributed by atoms with Gasteiger partial charge in [-0.25, -0.2) is 0 Å². The van der Waals surface area contributed by atoms with Gasteiger partial charge in [0.25, 0.3) is 11.8 Å². The number of nitrogens with zero attached hydrogens (tertiary/aromatic N) is 2. The van der Waals surface area contributed by atoms with Gasteiger partial charge in [-0.15, -0.1) is 0 Å². The maximum Gasteiger partial charge on any atom is 0.270 e. The predicted molar refractivity (Wildman–Crippen MR) is 105 cm³/mol. The monoisotopic (exact) mass is 365 g/mol. The number of nitrogens with one attached hydrogen (secondary N) is 1. The number of rotatable bonds is 5. The number of carbonyl (C=O) groups is 2.